The van der Waals surface area contributed by atoms with Gasteiger partial charge in [0.1, 0.15) is 5.75 Å². The molecule has 0 spiro atoms. The van der Waals surface area contributed by atoms with Crippen molar-refractivity contribution in [2.45, 2.75) is 13.8 Å². The number of nitrogens with zero attached hydrogens (tertiary/aromatic N) is 2. The van der Waals surface area contributed by atoms with Crippen molar-refractivity contribution in [3.05, 3.63) is 57.0 Å². The van der Waals surface area contributed by atoms with E-state index in [1.165, 1.54) is 0 Å². The maximum absolute atomic E-state index is 12.5. The zero-order valence-corrected chi connectivity index (χ0v) is 17.3. The van der Waals surface area contributed by atoms with Gasteiger partial charge in [-0.15, -0.1) is 0 Å². The number of anilines is 1. The third kappa shape index (κ3) is 4.51. The van der Waals surface area contributed by atoms with Gasteiger partial charge in [0.2, 0.25) is 0 Å². The fraction of sp³-hybridized carbons (Fsp3) is 0.350. The van der Waals surface area contributed by atoms with Gasteiger partial charge in [0.05, 0.1) is 0 Å². The van der Waals surface area contributed by atoms with Crippen LogP contribution < -0.4 is 9.64 Å². The molecule has 1 saturated heterocycles. The molecule has 0 aromatic heterocycles. The Morgan fingerprint density at radius 1 is 1.12 bits per heavy atom. The maximum atomic E-state index is 12.5. The highest BCUT2D eigenvalue weighted by atomic mass is 79.9. The van der Waals surface area contributed by atoms with Crippen LogP contribution in [-0.2, 0) is 4.79 Å². The van der Waals surface area contributed by atoms with Crippen LogP contribution in [0.25, 0.3) is 0 Å². The Labute approximate surface area is 167 Å². The Morgan fingerprint density at radius 2 is 1.77 bits per heavy atom. The average molecular weight is 438 g/mol. The molecule has 26 heavy (non-hydrogen) atoms. The van der Waals surface area contributed by atoms with Crippen LogP contribution in [0.3, 0.4) is 0 Å². The monoisotopic (exact) mass is 436 g/mol. The van der Waals surface area contributed by atoms with Crippen molar-refractivity contribution >= 4 is 39.1 Å². The van der Waals surface area contributed by atoms with Crippen LogP contribution in [0.2, 0.25) is 5.02 Å². The second-order valence-corrected chi connectivity index (χ2v) is 7.74. The molecule has 0 unspecified atom stereocenters. The summed E-state index contributed by atoms with van der Waals surface area (Å²) in [5, 5.41) is 0.731. The second-order valence-electron chi connectivity index (χ2n) is 6.51. The molecule has 1 amide bonds. The number of amides is 1. The van der Waals surface area contributed by atoms with Crippen LogP contribution >= 0.6 is 27.5 Å². The Hall–Kier alpha value is -1.72. The van der Waals surface area contributed by atoms with Gasteiger partial charge >= 0.3 is 0 Å². The van der Waals surface area contributed by atoms with Crippen LogP contribution in [0.4, 0.5) is 5.69 Å². The van der Waals surface area contributed by atoms with E-state index in [2.05, 4.69) is 20.8 Å². The molecule has 3 rings (SSSR count). The molecule has 0 bridgehead atoms. The normalized spacial score (nSPS) is 14.5. The summed E-state index contributed by atoms with van der Waals surface area (Å²) >= 11 is 9.61. The summed E-state index contributed by atoms with van der Waals surface area (Å²) in [4.78, 5) is 16.6. The van der Waals surface area contributed by atoms with Gasteiger partial charge in [-0.05, 0) is 55.3 Å². The van der Waals surface area contributed by atoms with E-state index in [0.717, 1.165) is 45.1 Å². The quantitative estimate of drug-likeness (QED) is 0.708. The highest BCUT2D eigenvalue weighted by molar-refractivity contribution is 9.10. The van der Waals surface area contributed by atoms with E-state index >= 15 is 0 Å². The topological polar surface area (TPSA) is 32.8 Å². The molecule has 1 fully saturated rings. The van der Waals surface area contributed by atoms with Crippen molar-refractivity contribution in [3.63, 3.8) is 0 Å². The molecule has 1 heterocycles. The minimum Gasteiger partial charge on any atom is -0.484 e. The van der Waals surface area contributed by atoms with E-state index in [1.807, 2.05) is 55.1 Å². The second kappa shape index (κ2) is 8.31. The number of hydrogen-bond acceptors (Lipinski definition) is 3. The number of carbonyl (C=O) groups excluding carboxylic acids is 1. The summed E-state index contributed by atoms with van der Waals surface area (Å²) in [7, 11) is 0. The number of ether oxygens (including phenoxy) is 1. The molecule has 0 aliphatic carbocycles. The Kier molecular flexibility index (Phi) is 6.09. The van der Waals surface area contributed by atoms with Crippen molar-refractivity contribution in [1.29, 1.82) is 0 Å². The van der Waals surface area contributed by atoms with Gasteiger partial charge in [-0.1, -0.05) is 33.6 Å². The van der Waals surface area contributed by atoms with E-state index in [9.17, 15) is 4.79 Å². The molecule has 2 aromatic carbocycles. The number of halogens is 2. The highest BCUT2D eigenvalue weighted by Gasteiger charge is 2.21. The third-order valence-electron chi connectivity index (χ3n) is 4.58. The molecule has 0 radical (unpaired) electrons. The summed E-state index contributed by atoms with van der Waals surface area (Å²) in [5.41, 5.74) is 3.30. The number of carbonyl (C=O) groups is 1. The molecule has 0 saturated carbocycles. The van der Waals surface area contributed by atoms with Gasteiger partial charge in [-0.2, -0.15) is 0 Å². The third-order valence-corrected chi connectivity index (χ3v) is 6.06. The van der Waals surface area contributed by atoms with Crippen LogP contribution in [-0.4, -0.2) is 43.6 Å². The number of rotatable bonds is 4. The lowest BCUT2D eigenvalue weighted by molar-refractivity contribution is -0.133. The first-order valence-corrected chi connectivity index (χ1v) is 9.79. The fourth-order valence-corrected chi connectivity index (χ4v) is 3.53. The number of hydrogen-bond donors (Lipinski definition) is 0. The first-order chi connectivity index (χ1) is 12.4. The maximum Gasteiger partial charge on any atom is 0.260 e. The largest absolute Gasteiger partial charge is 0.484 e. The van der Waals surface area contributed by atoms with E-state index in [0.29, 0.717) is 13.1 Å². The average Bonchev–Trinajstić information content (AvgIpc) is 2.64. The summed E-state index contributed by atoms with van der Waals surface area (Å²) < 4.78 is 6.80. The summed E-state index contributed by atoms with van der Waals surface area (Å²) in [5.74, 6) is 0.753. The van der Waals surface area contributed by atoms with Gasteiger partial charge in [-0.3, -0.25) is 4.79 Å². The predicted molar refractivity (Wildman–Crippen MR) is 109 cm³/mol. The molecule has 1 aliphatic rings. The molecule has 4 nitrogen and oxygen atoms in total. The van der Waals surface area contributed by atoms with Crippen LogP contribution in [0.15, 0.2) is 40.9 Å². The van der Waals surface area contributed by atoms with Gasteiger partial charge in [0.25, 0.3) is 5.91 Å². The summed E-state index contributed by atoms with van der Waals surface area (Å²) in [6, 6.07) is 11.7. The standard InChI is InChI=1S/C20H22BrClN2O2/c1-14-10-18(11-15(2)20(14)21)26-13-19(25)24-8-6-23(7-9-24)17-5-3-4-16(22)12-17/h3-5,10-12H,6-9,13H2,1-2H3. The van der Waals surface area contributed by atoms with Crippen LogP contribution in [0, 0.1) is 13.8 Å². The van der Waals surface area contributed by atoms with Gasteiger partial charge in [0.15, 0.2) is 6.61 Å². The van der Waals surface area contributed by atoms with E-state index < -0.39 is 0 Å². The Balaban J connectivity index is 1.52. The van der Waals surface area contributed by atoms with Crippen LogP contribution in [0.5, 0.6) is 5.75 Å². The number of aryl methyl sites for hydroxylation is 2. The fourth-order valence-electron chi connectivity index (χ4n) is 3.11. The Morgan fingerprint density at radius 3 is 2.38 bits per heavy atom. The zero-order chi connectivity index (χ0) is 18.7. The van der Waals surface area contributed by atoms with Gasteiger partial charge < -0.3 is 14.5 Å². The molecule has 1 aliphatic heterocycles. The lowest BCUT2D eigenvalue weighted by Crippen LogP contribution is -2.50. The zero-order valence-electron chi connectivity index (χ0n) is 15.0. The number of piperazine rings is 1. The van der Waals surface area contributed by atoms with E-state index in [1.54, 1.807) is 0 Å². The minimum absolute atomic E-state index is 0.0222. The van der Waals surface area contributed by atoms with Crippen LogP contribution in [0.1, 0.15) is 11.1 Å². The van der Waals surface area contributed by atoms with Crippen molar-refractivity contribution in [2.75, 3.05) is 37.7 Å². The van der Waals surface area contributed by atoms with Gasteiger partial charge in [0, 0.05) is 41.4 Å². The molecular weight excluding hydrogens is 416 g/mol. The minimum atomic E-state index is 0.0222. The van der Waals surface area contributed by atoms with E-state index in [4.69, 9.17) is 16.3 Å². The summed E-state index contributed by atoms with van der Waals surface area (Å²) in [6.45, 7) is 7.06. The van der Waals surface area contributed by atoms with Crippen molar-refractivity contribution in [3.8, 4) is 5.75 Å². The predicted octanol–water partition coefficient (Wildman–Crippen LogP) is 4.45. The molecule has 0 atom stereocenters. The molecular formula is C20H22BrClN2O2. The SMILES string of the molecule is Cc1cc(OCC(=O)N2CCN(c3cccc(Cl)c3)CC2)cc(C)c1Br. The van der Waals surface area contributed by atoms with E-state index in [-0.39, 0.29) is 12.5 Å². The summed E-state index contributed by atoms with van der Waals surface area (Å²) in [6.07, 6.45) is 0. The molecule has 2 aromatic rings. The lowest BCUT2D eigenvalue weighted by atomic mass is 10.1. The van der Waals surface area contributed by atoms with Crippen molar-refractivity contribution in [2.24, 2.45) is 0 Å². The lowest BCUT2D eigenvalue weighted by Gasteiger charge is -2.36. The first-order valence-electron chi connectivity index (χ1n) is 8.62. The number of benzene rings is 2. The smallest absolute Gasteiger partial charge is 0.260 e. The molecule has 6 heteroatoms. The first kappa shape index (κ1) is 19.1. The van der Waals surface area contributed by atoms with Crippen molar-refractivity contribution < 1.29 is 9.53 Å². The van der Waals surface area contributed by atoms with Crippen molar-refractivity contribution in [1.82, 2.24) is 4.90 Å². The van der Waals surface area contributed by atoms with Gasteiger partial charge in [-0.25, -0.2) is 0 Å². The highest BCUT2D eigenvalue weighted by Crippen LogP contribution is 2.26. The Bertz CT molecular complexity index is 781. The molecule has 0 N–H and O–H groups in total. The molecule has 138 valence electrons.